The predicted octanol–water partition coefficient (Wildman–Crippen LogP) is 17.2. The molecular formula is C57H96O6. The van der Waals surface area contributed by atoms with E-state index in [-0.39, 0.29) is 31.1 Å². The Bertz CT molecular complexity index is 1240. The summed E-state index contributed by atoms with van der Waals surface area (Å²) in [7, 11) is 0. The van der Waals surface area contributed by atoms with Crippen molar-refractivity contribution in [3.8, 4) is 0 Å². The summed E-state index contributed by atoms with van der Waals surface area (Å²) in [5, 5.41) is 0. The minimum Gasteiger partial charge on any atom is -0.462 e. The Balaban J connectivity index is 4.44. The Labute approximate surface area is 388 Å². The molecule has 0 bridgehead atoms. The highest BCUT2D eigenvalue weighted by Crippen LogP contribution is 2.13. The van der Waals surface area contributed by atoms with E-state index in [4.69, 9.17) is 14.2 Å². The smallest absolute Gasteiger partial charge is 0.306 e. The minimum atomic E-state index is -0.800. The molecule has 6 nitrogen and oxygen atoms in total. The molecule has 63 heavy (non-hydrogen) atoms. The maximum absolute atomic E-state index is 12.8. The molecule has 6 heteroatoms. The number of hydrogen-bond donors (Lipinski definition) is 0. The van der Waals surface area contributed by atoms with Crippen LogP contribution in [0.3, 0.4) is 0 Å². The van der Waals surface area contributed by atoms with Gasteiger partial charge >= 0.3 is 17.9 Å². The van der Waals surface area contributed by atoms with E-state index < -0.39 is 6.10 Å². The molecule has 0 aromatic carbocycles. The lowest BCUT2D eigenvalue weighted by molar-refractivity contribution is -0.167. The van der Waals surface area contributed by atoms with E-state index in [9.17, 15) is 14.4 Å². The van der Waals surface area contributed by atoms with Crippen molar-refractivity contribution >= 4 is 17.9 Å². The largest absolute Gasteiger partial charge is 0.462 e. The molecule has 360 valence electrons. The van der Waals surface area contributed by atoms with Crippen LogP contribution in [-0.2, 0) is 28.6 Å². The fourth-order valence-corrected chi connectivity index (χ4v) is 6.95. The normalized spacial score (nSPS) is 12.7. The predicted molar refractivity (Wildman–Crippen MR) is 270 cm³/mol. The molecular weight excluding hydrogens is 781 g/mol. The monoisotopic (exact) mass is 877 g/mol. The highest BCUT2D eigenvalue weighted by molar-refractivity contribution is 5.71. The number of rotatable bonds is 46. The van der Waals surface area contributed by atoms with E-state index >= 15 is 0 Å². The van der Waals surface area contributed by atoms with Crippen molar-refractivity contribution in [2.75, 3.05) is 13.2 Å². The quantitative estimate of drug-likeness (QED) is 0.0199. The van der Waals surface area contributed by atoms with Crippen molar-refractivity contribution in [2.45, 2.75) is 245 Å². The first-order valence-corrected chi connectivity index (χ1v) is 26.1. The van der Waals surface area contributed by atoms with Gasteiger partial charge in [0, 0.05) is 19.3 Å². The average Bonchev–Trinajstić information content (AvgIpc) is 3.28. The summed E-state index contributed by atoms with van der Waals surface area (Å²) in [5.74, 6) is -0.956. The molecule has 1 unspecified atom stereocenters. The topological polar surface area (TPSA) is 78.9 Å². The first-order valence-electron chi connectivity index (χ1n) is 26.1. The third kappa shape index (κ3) is 49.5. The SMILES string of the molecule is CC/C=C\C/C=C\C/C=C\CCCCCCCCC(=O)OC(COC(=O)CCCCC/C=C\C=C/CCCC)COC(=O)CCCCCCC/C=C\C=C/CCCCCCCCC. The molecule has 0 aliphatic rings. The summed E-state index contributed by atoms with van der Waals surface area (Å²) in [6.07, 6.45) is 65.7. The zero-order chi connectivity index (χ0) is 45.8. The van der Waals surface area contributed by atoms with E-state index in [0.717, 1.165) is 122 Å². The molecule has 0 rings (SSSR count). The summed E-state index contributed by atoms with van der Waals surface area (Å²) >= 11 is 0. The van der Waals surface area contributed by atoms with Crippen LogP contribution in [0, 0.1) is 0 Å². The van der Waals surface area contributed by atoms with E-state index in [1.54, 1.807) is 0 Å². The number of unbranched alkanes of at least 4 members (excludes halogenated alkanes) is 23. The standard InChI is InChI=1S/C57H96O6/c1-4-7-10-13-16-19-22-24-26-28-29-31-32-35-38-41-44-47-50-56(59)62-53-54(52-61-55(58)49-46-43-40-37-34-21-18-15-12-9-6-3)63-57(60)51-48-45-42-39-36-33-30-27-25-23-20-17-14-11-8-5-2/h8,11,15,17-18,20-21,25-29,31,34,54H,4-7,9-10,12-14,16,19,22-24,30,32-33,35-53H2,1-3H3/b11-8-,18-15-,20-17-,27-25-,28-26-,31-29-,34-21-. The first kappa shape index (κ1) is 59.6. The number of carbonyl (C=O) groups excluding carboxylic acids is 3. The summed E-state index contributed by atoms with van der Waals surface area (Å²) in [4.78, 5) is 38.0. The number of hydrogen-bond acceptors (Lipinski definition) is 6. The number of esters is 3. The lowest BCUT2D eigenvalue weighted by atomic mass is 10.1. The Kier molecular flexibility index (Phi) is 48.5. The van der Waals surface area contributed by atoms with Crippen LogP contribution in [0.4, 0.5) is 0 Å². The van der Waals surface area contributed by atoms with E-state index in [1.165, 1.54) is 77.0 Å². The zero-order valence-electron chi connectivity index (χ0n) is 41.1. The molecule has 0 spiro atoms. The van der Waals surface area contributed by atoms with Crippen molar-refractivity contribution in [1.82, 2.24) is 0 Å². The van der Waals surface area contributed by atoms with Gasteiger partial charge < -0.3 is 14.2 Å². The maximum Gasteiger partial charge on any atom is 0.306 e. The number of allylic oxidation sites excluding steroid dienone is 14. The summed E-state index contributed by atoms with van der Waals surface area (Å²) in [6.45, 7) is 6.42. The zero-order valence-corrected chi connectivity index (χ0v) is 41.1. The van der Waals surface area contributed by atoms with Gasteiger partial charge in [0.15, 0.2) is 6.10 Å². The van der Waals surface area contributed by atoms with Crippen LogP contribution < -0.4 is 0 Å². The fraction of sp³-hybridized carbons (Fsp3) is 0.702. The molecule has 0 amide bonds. The van der Waals surface area contributed by atoms with Gasteiger partial charge in [-0.2, -0.15) is 0 Å². The van der Waals surface area contributed by atoms with E-state index in [0.29, 0.717) is 19.3 Å². The van der Waals surface area contributed by atoms with Gasteiger partial charge in [0.25, 0.3) is 0 Å². The molecule has 1 atom stereocenters. The molecule has 0 heterocycles. The van der Waals surface area contributed by atoms with Crippen LogP contribution in [0.25, 0.3) is 0 Å². The van der Waals surface area contributed by atoms with Gasteiger partial charge in [-0.3, -0.25) is 14.4 Å². The van der Waals surface area contributed by atoms with Gasteiger partial charge in [0.1, 0.15) is 13.2 Å². The molecule has 0 saturated carbocycles. The van der Waals surface area contributed by atoms with Crippen molar-refractivity contribution in [3.05, 3.63) is 85.1 Å². The summed E-state index contributed by atoms with van der Waals surface area (Å²) < 4.78 is 16.7. The summed E-state index contributed by atoms with van der Waals surface area (Å²) in [6, 6.07) is 0. The Morgan fingerprint density at radius 1 is 0.349 bits per heavy atom. The summed E-state index contributed by atoms with van der Waals surface area (Å²) in [5.41, 5.74) is 0. The van der Waals surface area contributed by atoms with E-state index in [2.05, 4.69) is 106 Å². The molecule has 0 radical (unpaired) electrons. The molecule has 0 saturated heterocycles. The Hall–Kier alpha value is -3.41. The van der Waals surface area contributed by atoms with Crippen LogP contribution in [-0.4, -0.2) is 37.2 Å². The molecule has 0 aliphatic carbocycles. The minimum absolute atomic E-state index is 0.0993. The van der Waals surface area contributed by atoms with Crippen LogP contribution in [0.1, 0.15) is 239 Å². The maximum atomic E-state index is 12.8. The highest BCUT2D eigenvalue weighted by atomic mass is 16.6. The van der Waals surface area contributed by atoms with E-state index in [1.807, 2.05) is 0 Å². The second-order valence-corrected chi connectivity index (χ2v) is 17.1. The molecule has 0 N–H and O–H groups in total. The third-order valence-electron chi connectivity index (χ3n) is 10.9. The fourth-order valence-electron chi connectivity index (χ4n) is 6.95. The molecule has 0 aromatic heterocycles. The first-order chi connectivity index (χ1) is 31.0. The lowest BCUT2D eigenvalue weighted by Crippen LogP contribution is -2.30. The molecule has 0 aliphatic heterocycles. The van der Waals surface area contributed by atoms with Crippen molar-refractivity contribution < 1.29 is 28.6 Å². The second-order valence-electron chi connectivity index (χ2n) is 17.1. The molecule has 0 aromatic rings. The van der Waals surface area contributed by atoms with Gasteiger partial charge in [-0.05, 0) is 96.3 Å². The van der Waals surface area contributed by atoms with Crippen molar-refractivity contribution in [3.63, 3.8) is 0 Å². The van der Waals surface area contributed by atoms with Gasteiger partial charge in [-0.25, -0.2) is 0 Å². The molecule has 0 fully saturated rings. The van der Waals surface area contributed by atoms with Gasteiger partial charge in [0.05, 0.1) is 0 Å². The Morgan fingerprint density at radius 2 is 0.683 bits per heavy atom. The van der Waals surface area contributed by atoms with Crippen LogP contribution in [0.5, 0.6) is 0 Å². The van der Waals surface area contributed by atoms with Crippen LogP contribution >= 0.6 is 0 Å². The van der Waals surface area contributed by atoms with Crippen molar-refractivity contribution in [2.24, 2.45) is 0 Å². The lowest BCUT2D eigenvalue weighted by Gasteiger charge is -2.18. The van der Waals surface area contributed by atoms with Crippen LogP contribution in [0.2, 0.25) is 0 Å². The third-order valence-corrected chi connectivity index (χ3v) is 10.9. The Morgan fingerprint density at radius 3 is 1.13 bits per heavy atom. The van der Waals surface area contributed by atoms with Gasteiger partial charge in [-0.15, -0.1) is 0 Å². The van der Waals surface area contributed by atoms with Gasteiger partial charge in [0.2, 0.25) is 0 Å². The second kappa shape index (κ2) is 51.2. The van der Waals surface area contributed by atoms with Crippen molar-refractivity contribution in [1.29, 1.82) is 0 Å². The highest BCUT2D eigenvalue weighted by Gasteiger charge is 2.19. The average molecular weight is 877 g/mol. The van der Waals surface area contributed by atoms with Crippen LogP contribution in [0.15, 0.2) is 85.1 Å². The number of ether oxygens (including phenoxy) is 3. The number of carbonyl (C=O) groups is 3. The van der Waals surface area contributed by atoms with Gasteiger partial charge in [-0.1, -0.05) is 209 Å².